The first-order valence-corrected chi connectivity index (χ1v) is 10.6. The second-order valence-corrected chi connectivity index (χ2v) is 7.31. The molecule has 4 rings (SSSR count). The summed E-state index contributed by atoms with van der Waals surface area (Å²) in [4.78, 5) is 15.9. The molecule has 3 aromatic carbocycles. The van der Waals surface area contributed by atoms with Crippen LogP contribution in [-0.2, 0) is 13.0 Å². The van der Waals surface area contributed by atoms with Crippen molar-refractivity contribution in [2.24, 2.45) is 0 Å². The highest BCUT2D eigenvalue weighted by Gasteiger charge is 2.05. The number of benzene rings is 3. The molecule has 2 N–H and O–H groups in total. The Bertz CT molecular complexity index is 1130. The second-order valence-electron chi connectivity index (χ2n) is 7.31. The summed E-state index contributed by atoms with van der Waals surface area (Å²) < 4.78 is 5.95. The second kappa shape index (κ2) is 10.8. The number of nitrogens with zero attached hydrogens (tertiary/aromatic N) is 1. The van der Waals surface area contributed by atoms with Gasteiger partial charge in [0.25, 0.3) is 0 Å². The van der Waals surface area contributed by atoms with Crippen molar-refractivity contribution in [3.05, 3.63) is 115 Å². The van der Waals surface area contributed by atoms with Crippen molar-refractivity contribution < 1.29 is 9.53 Å². The van der Waals surface area contributed by atoms with Gasteiger partial charge in [0.2, 0.25) is 0 Å². The molecule has 4 aromatic rings. The standard InChI is InChI=1S/C27H25N3O2/c31-27(30-24-14-17-28-18-15-24)29-20-21-10-12-25(13-11-21)32-19-16-23-8-4-5-9-26(23)22-6-2-1-3-7-22/h1-15,17-18H,16,19-20H2,(H2,28,29,30,31). The molecule has 0 spiro atoms. The number of aromatic nitrogens is 1. The molecule has 0 aliphatic carbocycles. The Labute approximate surface area is 188 Å². The van der Waals surface area contributed by atoms with Gasteiger partial charge in [-0.2, -0.15) is 0 Å². The third-order valence-electron chi connectivity index (χ3n) is 5.06. The van der Waals surface area contributed by atoms with Gasteiger partial charge in [-0.05, 0) is 46.5 Å². The third-order valence-corrected chi connectivity index (χ3v) is 5.06. The summed E-state index contributed by atoms with van der Waals surface area (Å²) in [6.07, 6.45) is 4.09. The minimum atomic E-state index is -0.256. The van der Waals surface area contributed by atoms with Crippen molar-refractivity contribution in [2.75, 3.05) is 11.9 Å². The first kappa shape index (κ1) is 21.1. The average molecular weight is 424 g/mol. The van der Waals surface area contributed by atoms with E-state index in [9.17, 15) is 4.79 Å². The molecule has 0 saturated carbocycles. The first-order chi connectivity index (χ1) is 15.8. The Hall–Kier alpha value is -4.12. The van der Waals surface area contributed by atoms with Crippen molar-refractivity contribution >= 4 is 11.7 Å². The summed E-state index contributed by atoms with van der Waals surface area (Å²) in [6.45, 7) is 1.03. The number of ether oxygens (including phenoxy) is 1. The van der Waals surface area contributed by atoms with Crippen LogP contribution in [0, 0.1) is 0 Å². The molecule has 0 aliphatic rings. The molecule has 1 aromatic heterocycles. The van der Waals surface area contributed by atoms with Crippen LogP contribution in [0.1, 0.15) is 11.1 Å². The zero-order valence-corrected chi connectivity index (χ0v) is 17.7. The number of hydrogen-bond acceptors (Lipinski definition) is 3. The molecule has 32 heavy (non-hydrogen) atoms. The van der Waals surface area contributed by atoms with Crippen LogP contribution >= 0.6 is 0 Å². The quantitative estimate of drug-likeness (QED) is 0.383. The molecule has 1 heterocycles. The maximum atomic E-state index is 12.0. The summed E-state index contributed by atoms with van der Waals surface area (Å²) in [5.74, 6) is 0.812. The maximum Gasteiger partial charge on any atom is 0.319 e. The number of carbonyl (C=O) groups excluding carboxylic acids is 1. The highest BCUT2D eigenvalue weighted by atomic mass is 16.5. The van der Waals surface area contributed by atoms with Gasteiger partial charge in [-0.1, -0.05) is 66.7 Å². The van der Waals surface area contributed by atoms with Crippen LogP contribution in [-0.4, -0.2) is 17.6 Å². The fraction of sp³-hybridized carbons (Fsp3) is 0.111. The van der Waals surface area contributed by atoms with E-state index in [1.165, 1.54) is 16.7 Å². The summed E-state index contributed by atoms with van der Waals surface area (Å²) >= 11 is 0. The maximum absolute atomic E-state index is 12.0. The lowest BCUT2D eigenvalue weighted by Gasteiger charge is -2.12. The highest BCUT2D eigenvalue weighted by molar-refractivity contribution is 5.89. The summed E-state index contributed by atoms with van der Waals surface area (Å²) in [7, 11) is 0. The zero-order valence-electron chi connectivity index (χ0n) is 17.7. The molecule has 5 nitrogen and oxygen atoms in total. The zero-order chi connectivity index (χ0) is 22.0. The lowest BCUT2D eigenvalue weighted by molar-refractivity contribution is 0.251. The van der Waals surface area contributed by atoms with Crippen LogP contribution in [0.3, 0.4) is 0 Å². The minimum absolute atomic E-state index is 0.256. The van der Waals surface area contributed by atoms with Gasteiger partial charge in [0, 0.05) is 31.0 Å². The van der Waals surface area contributed by atoms with Crippen molar-refractivity contribution in [2.45, 2.75) is 13.0 Å². The molecule has 2 amide bonds. The van der Waals surface area contributed by atoms with Gasteiger partial charge in [0.15, 0.2) is 0 Å². The molecule has 5 heteroatoms. The molecule has 0 fully saturated rings. The van der Waals surface area contributed by atoms with Crippen LogP contribution in [0.25, 0.3) is 11.1 Å². The minimum Gasteiger partial charge on any atom is -0.493 e. The summed E-state index contributed by atoms with van der Waals surface area (Å²) in [5, 5.41) is 5.61. The molecule has 0 atom stereocenters. The van der Waals surface area contributed by atoms with E-state index in [4.69, 9.17) is 4.74 Å². The van der Waals surface area contributed by atoms with Crippen molar-refractivity contribution in [1.82, 2.24) is 10.3 Å². The molecule has 0 unspecified atom stereocenters. The van der Waals surface area contributed by atoms with Gasteiger partial charge in [-0.25, -0.2) is 4.79 Å². The van der Waals surface area contributed by atoms with Crippen LogP contribution in [0.4, 0.5) is 10.5 Å². The van der Waals surface area contributed by atoms with Gasteiger partial charge in [-0.15, -0.1) is 0 Å². The monoisotopic (exact) mass is 423 g/mol. The van der Waals surface area contributed by atoms with Gasteiger partial charge in [0.05, 0.1) is 6.61 Å². The van der Waals surface area contributed by atoms with E-state index in [-0.39, 0.29) is 6.03 Å². The Morgan fingerprint density at radius 2 is 1.53 bits per heavy atom. The number of hydrogen-bond donors (Lipinski definition) is 2. The lowest BCUT2D eigenvalue weighted by atomic mass is 9.98. The third kappa shape index (κ3) is 5.95. The Morgan fingerprint density at radius 1 is 0.812 bits per heavy atom. The largest absolute Gasteiger partial charge is 0.493 e. The van der Waals surface area contributed by atoms with Gasteiger partial charge < -0.3 is 15.4 Å². The molecule has 0 aliphatic heterocycles. The van der Waals surface area contributed by atoms with Gasteiger partial charge >= 0.3 is 6.03 Å². The highest BCUT2D eigenvalue weighted by Crippen LogP contribution is 2.24. The van der Waals surface area contributed by atoms with E-state index in [1.807, 2.05) is 30.3 Å². The van der Waals surface area contributed by atoms with E-state index >= 15 is 0 Å². The summed E-state index contributed by atoms with van der Waals surface area (Å²) in [5.41, 5.74) is 5.42. The van der Waals surface area contributed by atoms with E-state index in [1.54, 1.807) is 24.5 Å². The smallest absolute Gasteiger partial charge is 0.319 e. The topological polar surface area (TPSA) is 63.2 Å². The fourth-order valence-electron chi connectivity index (χ4n) is 3.41. The number of amides is 2. The molecule has 160 valence electrons. The number of pyridine rings is 1. The number of carbonyl (C=O) groups is 1. The number of urea groups is 1. The molecule has 0 bridgehead atoms. The van der Waals surface area contributed by atoms with Gasteiger partial charge in [-0.3, -0.25) is 4.98 Å². The summed E-state index contributed by atoms with van der Waals surface area (Å²) in [6, 6.07) is 29.8. The SMILES string of the molecule is O=C(NCc1ccc(OCCc2ccccc2-c2ccccc2)cc1)Nc1ccncc1. The van der Waals surface area contributed by atoms with Crippen molar-refractivity contribution in [3.63, 3.8) is 0 Å². The molecular weight excluding hydrogens is 398 g/mol. The first-order valence-electron chi connectivity index (χ1n) is 10.6. The Balaban J connectivity index is 1.26. The normalized spacial score (nSPS) is 10.4. The van der Waals surface area contributed by atoms with Crippen LogP contribution in [0.5, 0.6) is 5.75 Å². The average Bonchev–Trinajstić information content (AvgIpc) is 2.85. The van der Waals surface area contributed by atoms with Gasteiger partial charge in [0.1, 0.15) is 5.75 Å². The van der Waals surface area contributed by atoms with E-state index in [0.717, 1.165) is 17.7 Å². The van der Waals surface area contributed by atoms with Crippen LogP contribution < -0.4 is 15.4 Å². The Morgan fingerprint density at radius 3 is 2.31 bits per heavy atom. The van der Waals surface area contributed by atoms with Crippen LogP contribution in [0.2, 0.25) is 0 Å². The number of nitrogens with one attached hydrogen (secondary N) is 2. The number of rotatable bonds is 8. The Kier molecular flexibility index (Phi) is 7.11. The van der Waals surface area contributed by atoms with E-state index in [2.05, 4.69) is 64.1 Å². The van der Waals surface area contributed by atoms with Crippen LogP contribution in [0.15, 0.2) is 103 Å². The predicted octanol–water partition coefficient (Wildman–Crippen LogP) is 5.69. The van der Waals surface area contributed by atoms with Crippen molar-refractivity contribution in [1.29, 1.82) is 0 Å². The number of anilines is 1. The molecule has 0 saturated heterocycles. The lowest BCUT2D eigenvalue weighted by Crippen LogP contribution is -2.28. The fourth-order valence-corrected chi connectivity index (χ4v) is 3.41. The predicted molar refractivity (Wildman–Crippen MR) is 128 cm³/mol. The molecule has 0 radical (unpaired) electrons. The van der Waals surface area contributed by atoms with Crippen molar-refractivity contribution in [3.8, 4) is 16.9 Å². The van der Waals surface area contributed by atoms with E-state index < -0.39 is 0 Å². The molecular formula is C27H25N3O2. The van der Waals surface area contributed by atoms with E-state index in [0.29, 0.717) is 18.8 Å².